The highest BCUT2D eigenvalue weighted by molar-refractivity contribution is 6.28. The Balaban J connectivity index is 1.20. The fourth-order valence-electron chi connectivity index (χ4n) is 8.08. The number of pyridine rings is 1. The van der Waals surface area contributed by atoms with Crippen molar-refractivity contribution < 1.29 is 4.42 Å². The van der Waals surface area contributed by atoms with Gasteiger partial charge >= 0.3 is 0 Å². The maximum atomic E-state index is 6.36. The van der Waals surface area contributed by atoms with Crippen LogP contribution in [-0.4, -0.2) is 4.98 Å². The number of aromatic nitrogens is 1. The van der Waals surface area contributed by atoms with Crippen molar-refractivity contribution in [2.45, 2.75) is 19.3 Å². The van der Waals surface area contributed by atoms with Crippen LogP contribution in [-0.2, 0) is 5.41 Å². The molecule has 2 aromatic heterocycles. The zero-order valence-electron chi connectivity index (χ0n) is 27.3. The Bertz CT molecular complexity index is 2710. The number of rotatable bonds is 3. The molecule has 7 aromatic carbocycles. The molecule has 0 saturated heterocycles. The highest BCUT2D eigenvalue weighted by Gasteiger charge is 2.36. The van der Waals surface area contributed by atoms with Crippen LogP contribution in [0.4, 0.5) is 17.1 Å². The van der Waals surface area contributed by atoms with Gasteiger partial charge in [0.15, 0.2) is 0 Å². The molecule has 232 valence electrons. The summed E-state index contributed by atoms with van der Waals surface area (Å²) in [4.78, 5) is 7.79. The molecule has 0 N–H and O–H groups in total. The lowest BCUT2D eigenvalue weighted by Gasteiger charge is -2.42. The lowest BCUT2D eigenvalue weighted by atomic mass is 9.73. The molecule has 0 radical (unpaired) electrons. The van der Waals surface area contributed by atoms with Crippen LogP contribution in [0.25, 0.3) is 66.0 Å². The van der Waals surface area contributed by atoms with E-state index in [0.29, 0.717) is 0 Å². The highest BCUT2D eigenvalue weighted by Crippen LogP contribution is 2.52. The van der Waals surface area contributed by atoms with E-state index in [1.165, 1.54) is 27.9 Å². The molecular formula is C46H32N2O. The first kappa shape index (κ1) is 27.9. The summed E-state index contributed by atoms with van der Waals surface area (Å²) in [5.74, 6) is 0. The fraction of sp³-hybridized carbons (Fsp3) is 0.0652. The minimum absolute atomic E-state index is 0.101. The Morgan fingerprint density at radius 3 is 1.94 bits per heavy atom. The van der Waals surface area contributed by atoms with Gasteiger partial charge in [0.2, 0.25) is 0 Å². The van der Waals surface area contributed by atoms with Crippen LogP contribution in [0.5, 0.6) is 0 Å². The number of fused-ring (bicyclic) bond motifs is 9. The molecule has 0 saturated carbocycles. The molecule has 0 fully saturated rings. The first-order valence-corrected chi connectivity index (χ1v) is 16.9. The third-order valence-electron chi connectivity index (χ3n) is 10.4. The minimum atomic E-state index is -0.101. The normalized spacial score (nSPS) is 13.6. The number of para-hydroxylation sites is 3. The highest BCUT2D eigenvalue weighted by atomic mass is 16.3. The van der Waals surface area contributed by atoms with Crippen molar-refractivity contribution >= 4 is 60.7 Å². The summed E-state index contributed by atoms with van der Waals surface area (Å²) >= 11 is 0. The Labute approximate surface area is 284 Å². The number of hydrogen-bond acceptors (Lipinski definition) is 3. The van der Waals surface area contributed by atoms with Crippen molar-refractivity contribution in [3.63, 3.8) is 0 Å². The summed E-state index contributed by atoms with van der Waals surface area (Å²) in [6.07, 6.45) is 0. The largest absolute Gasteiger partial charge is 0.456 e. The Morgan fingerprint density at radius 2 is 1.14 bits per heavy atom. The number of benzene rings is 7. The Kier molecular flexibility index (Phi) is 5.92. The van der Waals surface area contributed by atoms with Gasteiger partial charge in [0, 0.05) is 43.6 Å². The summed E-state index contributed by atoms with van der Waals surface area (Å²) in [7, 11) is 0. The van der Waals surface area contributed by atoms with Crippen LogP contribution in [0.1, 0.15) is 25.0 Å². The third-order valence-corrected chi connectivity index (χ3v) is 10.4. The van der Waals surface area contributed by atoms with E-state index in [4.69, 9.17) is 9.40 Å². The smallest absolute Gasteiger partial charge is 0.136 e. The van der Waals surface area contributed by atoms with Gasteiger partial charge in [-0.1, -0.05) is 123 Å². The second-order valence-electron chi connectivity index (χ2n) is 13.6. The molecule has 1 aliphatic rings. The molecule has 49 heavy (non-hydrogen) atoms. The molecule has 3 heteroatoms. The van der Waals surface area contributed by atoms with Crippen molar-refractivity contribution in [1.82, 2.24) is 4.98 Å². The fourth-order valence-corrected chi connectivity index (χ4v) is 8.08. The van der Waals surface area contributed by atoms with Crippen LogP contribution >= 0.6 is 0 Å². The molecule has 9 aromatic rings. The van der Waals surface area contributed by atoms with E-state index < -0.39 is 0 Å². The van der Waals surface area contributed by atoms with Gasteiger partial charge in [0.1, 0.15) is 11.2 Å². The van der Waals surface area contributed by atoms with Crippen LogP contribution in [0, 0.1) is 0 Å². The first-order chi connectivity index (χ1) is 24.1. The molecule has 0 amide bonds. The van der Waals surface area contributed by atoms with E-state index in [-0.39, 0.29) is 5.41 Å². The number of anilines is 3. The molecule has 1 aliphatic heterocycles. The van der Waals surface area contributed by atoms with Crippen LogP contribution in [0.15, 0.2) is 162 Å². The van der Waals surface area contributed by atoms with Gasteiger partial charge in [-0.15, -0.1) is 0 Å². The van der Waals surface area contributed by atoms with Crippen molar-refractivity contribution in [1.29, 1.82) is 0 Å². The van der Waals surface area contributed by atoms with Gasteiger partial charge in [-0.2, -0.15) is 0 Å². The third kappa shape index (κ3) is 4.12. The predicted molar refractivity (Wildman–Crippen MR) is 204 cm³/mol. The quantitative estimate of drug-likeness (QED) is 0.182. The lowest BCUT2D eigenvalue weighted by molar-refractivity contribution is 0.632. The molecule has 0 atom stereocenters. The zero-order chi connectivity index (χ0) is 32.7. The Morgan fingerprint density at radius 1 is 0.490 bits per heavy atom. The van der Waals surface area contributed by atoms with Crippen LogP contribution in [0.3, 0.4) is 0 Å². The summed E-state index contributed by atoms with van der Waals surface area (Å²) in [6.45, 7) is 4.65. The SMILES string of the molecule is CC1(C)c2ccccc2N(c2cccc(-c3ccc4c(c3)nc(-c3ccccc3)c3ccc5oc6ccccc6c5c34)c2)c2ccccc21. The predicted octanol–water partition coefficient (Wildman–Crippen LogP) is 12.7. The molecule has 3 heterocycles. The van der Waals surface area contributed by atoms with E-state index in [2.05, 4.69) is 164 Å². The monoisotopic (exact) mass is 628 g/mol. The summed E-state index contributed by atoms with van der Waals surface area (Å²) < 4.78 is 6.36. The standard InChI is InChI=1S/C46H32N2O/c1-46(2)36-18-7-9-20-39(36)48(40-21-10-8-19-37(40)46)32-16-12-15-30(27-32)31-23-24-33-38(28-31)47-45(29-13-4-3-5-14-29)35-25-26-42-44(43(33)35)34-17-6-11-22-41(34)49-42/h3-28H,1-2H3. The summed E-state index contributed by atoms with van der Waals surface area (Å²) in [6, 6.07) is 56.4. The molecule has 0 spiro atoms. The maximum absolute atomic E-state index is 6.36. The average Bonchev–Trinajstić information content (AvgIpc) is 3.54. The van der Waals surface area contributed by atoms with Crippen molar-refractivity contribution in [2.75, 3.05) is 4.90 Å². The maximum Gasteiger partial charge on any atom is 0.136 e. The second kappa shape index (κ2) is 10.4. The lowest BCUT2D eigenvalue weighted by Crippen LogP contribution is -2.30. The van der Waals surface area contributed by atoms with Gasteiger partial charge in [-0.3, -0.25) is 0 Å². The van der Waals surface area contributed by atoms with E-state index in [0.717, 1.165) is 66.3 Å². The van der Waals surface area contributed by atoms with E-state index in [1.807, 2.05) is 12.1 Å². The molecule has 0 bridgehead atoms. The number of furan rings is 1. The topological polar surface area (TPSA) is 29.3 Å². The number of hydrogen-bond donors (Lipinski definition) is 0. The van der Waals surface area contributed by atoms with Crippen molar-refractivity contribution in [3.8, 4) is 22.4 Å². The molecule has 0 unspecified atom stereocenters. The van der Waals surface area contributed by atoms with Crippen molar-refractivity contribution in [2.24, 2.45) is 0 Å². The molecule has 10 rings (SSSR count). The van der Waals surface area contributed by atoms with Gasteiger partial charge in [-0.25, -0.2) is 4.98 Å². The van der Waals surface area contributed by atoms with Crippen molar-refractivity contribution in [3.05, 3.63) is 169 Å². The summed E-state index contributed by atoms with van der Waals surface area (Å²) in [5, 5.41) is 5.68. The van der Waals surface area contributed by atoms with Gasteiger partial charge < -0.3 is 9.32 Å². The van der Waals surface area contributed by atoms with Gasteiger partial charge in [0.25, 0.3) is 0 Å². The summed E-state index contributed by atoms with van der Waals surface area (Å²) in [5.41, 5.74) is 13.2. The van der Waals surface area contributed by atoms with Crippen LogP contribution in [0.2, 0.25) is 0 Å². The van der Waals surface area contributed by atoms with E-state index in [9.17, 15) is 0 Å². The minimum Gasteiger partial charge on any atom is -0.456 e. The number of nitrogens with zero attached hydrogens (tertiary/aromatic N) is 2. The zero-order valence-corrected chi connectivity index (χ0v) is 27.3. The van der Waals surface area contributed by atoms with E-state index >= 15 is 0 Å². The molecule has 3 nitrogen and oxygen atoms in total. The molecular weight excluding hydrogens is 597 g/mol. The van der Waals surface area contributed by atoms with Gasteiger partial charge in [-0.05, 0) is 70.8 Å². The molecule has 0 aliphatic carbocycles. The first-order valence-electron chi connectivity index (χ1n) is 16.9. The Hall–Kier alpha value is -6.19. The van der Waals surface area contributed by atoms with Crippen LogP contribution < -0.4 is 4.90 Å². The second-order valence-corrected chi connectivity index (χ2v) is 13.6. The van der Waals surface area contributed by atoms with Gasteiger partial charge in [0.05, 0.1) is 22.6 Å². The van der Waals surface area contributed by atoms with E-state index in [1.54, 1.807) is 0 Å². The average molecular weight is 629 g/mol.